The number of unbranched alkanes of at least 4 members (excludes halogenated alkanes) is 2. The van der Waals surface area contributed by atoms with Crippen molar-refractivity contribution in [2.75, 3.05) is 77.2 Å². The molecule has 0 spiro atoms. The molecule has 1 fully saturated rings. The van der Waals surface area contributed by atoms with Crippen molar-refractivity contribution >= 4 is 39.4 Å². The van der Waals surface area contributed by atoms with Gasteiger partial charge in [0.1, 0.15) is 11.3 Å². The molecule has 10 nitrogen and oxygen atoms in total. The molecule has 1 aliphatic rings. The number of hydrogen-bond acceptors (Lipinski definition) is 8. The number of nitrogen functional groups attached to an aromatic ring is 1. The molecule has 3 aromatic rings. The second kappa shape index (κ2) is 13.9. The molecule has 0 saturated carbocycles. The molecule has 0 aliphatic carbocycles. The number of rotatable bonds is 15. The van der Waals surface area contributed by atoms with Gasteiger partial charge in [-0.1, -0.05) is 13.3 Å². The Bertz CT molecular complexity index is 1230. The minimum Gasteiger partial charge on any atom is -0.481 e. The fraction of sp³-hybridized carbons (Fsp3) is 0.621. The number of benzene rings is 1. The van der Waals surface area contributed by atoms with Gasteiger partial charge in [-0.25, -0.2) is 9.97 Å². The number of nitrogens with zero attached hydrogens (tertiary/aromatic N) is 6. The van der Waals surface area contributed by atoms with Gasteiger partial charge in [-0.05, 0) is 58.1 Å². The number of aryl methyl sites for hydroxylation is 2. The summed E-state index contributed by atoms with van der Waals surface area (Å²) in [4.78, 5) is 27.4. The number of aliphatic carboxylic acids is 1. The summed E-state index contributed by atoms with van der Waals surface area (Å²) in [5.74, 6) is 0.801. The van der Waals surface area contributed by atoms with Crippen LogP contribution in [0.25, 0.3) is 21.9 Å². The molecule has 3 N–H and O–H groups in total. The molecule has 39 heavy (non-hydrogen) atoms. The Kier molecular flexibility index (Phi) is 10.4. The lowest BCUT2D eigenvalue weighted by Crippen LogP contribution is -2.47. The first-order valence-corrected chi connectivity index (χ1v) is 14.4. The highest BCUT2D eigenvalue weighted by atomic mass is 16.5. The van der Waals surface area contributed by atoms with Gasteiger partial charge in [0.05, 0.1) is 30.7 Å². The Morgan fingerprint density at radius 2 is 1.87 bits per heavy atom. The number of carbonyl (C=O) groups is 1. The van der Waals surface area contributed by atoms with Crippen LogP contribution in [0.2, 0.25) is 0 Å². The largest absolute Gasteiger partial charge is 0.481 e. The van der Waals surface area contributed by atoms with E-state index < -0.39 is 5.97 Å². The molecule has 214 valence electrons. The number of carboxylic acid groups (broad SMARTS) is 1. The summed E-state index contributed by atoms with van der Waals surface area (Å²) in [6, 6.07) is 6.52. The summed E-state index contributed by atoms with van der Waals surface area (Å²) >= 11 is 0. The third kappa shape index (κ3) is 7.58. The molecule has 0 atom stereocenters. The molecule has 0 radical (unpaired) electrons. The minimum absolute atomic E-state index is 0.0542. The SMILES string of the molecule is CCCCc1nc2c(N)nc3ccc(N4CCN(CCOCCC(=O)O)CC4)cc3c2n1CCCCN(C)C. The number of hydrogen-bond donors (Lipinski definition) is 2. The fourth-order valence-electron chi connectivity index (χ4n) is 5.29. The second-order valence-electron chi connectivity index (χ2n) is 10.8. The topological polar surface area (TPSA) is 113 Å². The molecular weight excluding hydrogens is 494 g/mol. The van der Waals surface area contributed by atoms with Gasteiger partial charge in [0.25, 0.3) is 0 Å². The van der Waals surface area contributed by atoms with Crippen LogP contribution in [0, 0.1) is 0 Å². The molecule has 4 rings (SSSR count). The highest BCUT2D eigenvalue weighted by Gasteiger charge is 2.21. The van der Waals surface area contributed by atoms with Crippen LogP contribution in [0.5, 0.6) is 0 Å². The summed E-state index contributed by atoms with van der Waals surface area (Å²) in [6.07, 6.45) is 5.46. The highest BCUT2D eigenvalue weighted by Crippen LogP contribution is 2.32. The third-order valence-electron chi connectivity index (χ3n) is 7.51. The lowest BCUT2D eigenvalue weighted by atomic mass is 10.1. The van der Waals surface area contributed by atoms with Gasteiger partial charge >= 0.3 is 5.97 Å². The first kappa shape index (κ1) is 29.0. The van der Waals surface area contributed by atoms with Gasteiger partial charge in [0.2, 0.25) is 0 Å². The van der Waals surface area contributed by atoms with Crippen molar-refractivity contribution in [3.05, 3.63) is 24.0 Å². The maximum absolute atomic E-state index is 10.6. The average molecular weight is 540 g/mol. The van der Waals surface area contributed by atoms with Gasteiger partial charge in [-0.2, -0.15) is 0 Å². The maximum atomic E-state index is 10.6. The van der Waals surface area contributed by atoms with E-state index in [0.29, 0.717) is 12.4 Å². The predicted molar refractivity (Wildman–Crippen MR) is 158 cm³/mol. The quantitative estimate of drug-likeness (QED) is 0.280. The predicted octanol–water partition coefficient (Wildman–Crippen LogP) is 3.46. The number of fused-ring (bicyclic) bond motifs is 3. The monoisotopic (exact) mass is 539 g/mol. The van der Waals surface area contributed by atoms with Crippen LogP contribution in [0.15, 0.2) is 18.2 Å². The van der Waals surface area contributed by atoms with Crippen LogP contribution >= 0.6 is 0 Å². The van der Waals surface area contributed by atoms with Gasteiger partial charge in [0.15, 0.2) is 5.82 Å². The normalized spacial score (nSPS) is 14.7. The van der Waals surface area contributed by atoms with E-state index in [1.165, 1.54) is 5.69 Å². The van der Waals surface area contributed by atoms with Gasteiger partial charge in [-0.15, -0.1) is 0 Å². The van der Waals surface area contributed by atoms with Crippen LogP contribution in [0.1, 0.15) is 44.9 Å². The highest BCUT2D eigenvalue weighted by molar-refractivity contribution is 6.07. The lowest BCUT2D eigenvalue weighted by Gasteiger charge is -2.36. The molecular formula is C29H45N7O3. The Hall–Kier alpha value is -2.95. The molecule has 2 aromatic heterocycles. The number of pyridine rings is 1. The van der Waals surface area contributed by atoms with E-state index >= 15 is 0 Å². The van der Waals surface area contributed by atoms with E-state index in [0.717, 1.165) is 106 Å². The molecule has 10 heteroatoms. The Balaban J connectivity index is 1.53. The average Bonchev–Trinajstić information content (AvgIpc) is 3.29. The van der Waals surface area contributed by atoms with Crippen molar-refractivity contribution in [2.45, 2.75) is 52.0 Å². The van der Waals surface area contributed by atoms with Crippen molar-refractivity contribution in [1.82, 2.24) is 24.3 Å². The van der Waals surface area contributed by atoms with Gasteiger partial charge < -0.3 is 29.9 Å². The van der Waals surface area contributed by atoms with E-state index in [1.54, 1.807) is 0 Å². The van der Waals surface area contributed by atoms with Crippen molar-refractivity contribution < 1.29 is 14.6 Å². The summed E-state index contributed by atoms with van der Waals surface area (Å²) in [6.45, 7) is 9.62. The van der Waals surface area contributed by atoms with Crippen LogP contribution in [-0.4, -0.2) is 102 Å². The minimum atomic E-state index is -0.821. The second-order valence-corrected chi connectivity index (χ2v) is 10.8. The number of ether oxygens (including phenoxy) is 1. The number of aromatic nitrogens is 3. The van der Waals surface area contributed by atoms with Crippen molar-refractivity contribution in [3.63, 3.8) is 0 Å². The molecule has 1 aromatic carbocycles. The fourth-order valence-corrected chi connectivity index (χ4v) is 5.29. The molecule has 0 bridgehead atoms. The van der Waals surface area contributed by atoms with Crippen LogP contribution in [0.3, 0.4) is 0 Å². The lowest BCUT2D eigenvalue weighted by molar-refractivity contribution is -0.138. The molecule has 0 amide bonds. The number of anilines is 2. The first-order valence-electron chi connectivity index (χ1n) is 14.4. The molecule has 0 unspecified atom stereocenters. The first-order chi connectivity index (χ1) is 18.9. The van der Waals surface area contributed by atoms with Gasteiger partial charge in [-0.3, -0.25) is 9.69 Å². The van der Waals surface area contributed by atoms with Crippen molar-refractivity contribution in [1.29, 1.82) is 0 Å². The standard InChI is InChI=1S/C29H45N7O3/c1-4-5-8-25-32-27-28(36(25)13-7-6-12-33(2)3)23-21-22(9-10-24(23)31-29(27)30)35-16-14-34(15-17-35)18-20-39-19-11-26(37)38/h9-10,21H,4-8,11-20H2,1-3H3,(H2,30,31)(H,37,38). The van der Waals surface area contributed by atoms with Gasteiger partial charge in [0, 0.05) is 56.8 Å². The zero-order chi connectivity index (χ0) is 27.8. The maximum Gasteiger partial charge on any atom is 0.305 e. The molecule has 3 heterocycles. The number of carboxylic acids is 1. The Morgan fingerprint density at radius 1 is 1.08 bits per heavy atom. The van der Waals surface area contributed by atoms with E-state index in [2.05, 4.69) is 58.5 Å². The van der Waals surface area contributed by atoms with E-state index in [1.807, 2.05) is 0 Å². The zero-order valence-corrected chi connectivity index (χ0v) is 23.9. The summed E-state index contributed by atoms with van der Waals surface area (Å²) in [5, 5.41) is 9.86. The number of nitrogens with two attached hydrogens (primary N) is 1. The third-order valence-corrected chi connectivity index (χ3v) is 7.51. The smallest absolute Gasteiger partial charge is 0.305 e. The number of piperazine rings is 1. The van der Waals surface area contributed by atoms with Crippen LogP contribution in [0.4, 0.5) is 11.5 Å². The Labute approximate surface area is 231 Å². The Morgan fingerprint density at radius 3 is 2.59 bits per heavy atom. The molecule has 1 aliphatic heterocycles. The zero-order valence-electron chi connectivity index (χ0n) is 23.9. The summed E-state index contributed by atoms with van der Waals surface area (Å²) in [5.41, 5.74) is 10.5. The summed E-state index contributed by atoms with van der Waals surface area (Å²) < 4.78 is 7.89. The van der Waals surface area contributed by atoms with E-state index in [9.17, 15) is 4.79 Å². The van der Waals surface area contributed by atoms with E-state index in [-0.39, 0.29) is 13.0 Å². The number of imidazole rings is 1. The summed E-state index contributed by atoms with van der Waals surface area (Å²) in [7, 11) is 4.24. The molecule has 1 saturated heterocycles. The van der Waals surface area contributed by atoms with Crippen LogP contribution < -0.4 is 10.6 Å². The van der Waals surface area contributed by atoms with Crippen LogP contribution in [-0.2, 0) is 22.5 Å². The van der Waals surface area contributed by atoms with E-state index in [4.69, 9.17) is 25.5 Å². The van der Waals surface area contributed by atoms with Crippen molar-refractivity contribution in [2.24, 2.45) is 0 Å². The van der Waals surface area contributed by atoms with Crippen molar-refractivity contribution in [3.8, 4) is 0 Å².